The number of aliphatic hydroxyl groups is 1. The highest BCUT2D eigenvalue weighted by Crippen LogP contribution is 2.34. The highest BCUT2D eigenvalue weighted by molar-refractivity contribution is 7.08. The van der Waals surface area contributed by atoms with Gasteiger partial charge in [0.1, 0.15) is 28.4 Å². The largest absolute Gasteiger partial charge is 0.478 e. The van der Waals surface area contributed by atoms with Crippen molar-refractivity contribution < 1.29 is 24.2 Å². The summed E-state index contributed by atoms with van der Waals surface area (Å²) in [5, 5.41) is 42.1. The van der Waals surface area contributed by atoms with Gasteiger partial charge in [-0.05, 0) is 40.5 Å². The molecule has 42 heavy (non-hydrogen) atoms. The van der Waals surface area contributed by atoms with Gasteiger partial charge in [-0.3, -0.25) is 4.79 Å². The normalized spacial score (nSPS) is 17.1. The molecule has 1 saturated heterocycles. The average Bonchev–Trinajstić information content (AvgIpc) is 3.78. The third-order valence-corrected chi connectivity index (χ3v) is 8.36. The highest BCUT2D eigenvalue weighted by Gasteiger charge is 2.35. The zero-order valence-electron chi connectivity index (χ0n) is 23.4. The molecule has 13 nitrogen and oxygen atoms in total. The first-order valence-corrected chi connectivity index (χ1v) is 15.0. The Hall–Kier alpha value is -4.21. The molecule has 2 N–H and O–H groups in total. The smallest absolute Gasteiger partial charge is 0.338 e. The summed E-state index contributed by atoms with van der Waals surface area (Å²) in [6.45, 7) is 7.79. The van der Waals surface area contributed by atoms with E-state index < -0.39 is 11.6 Å². The molecule has 0 saturated carbocycles. The molecule has 0 radical (unpaired) electrons. The zero-order chi connectivity index (χ0) is 30.0. The molecule has 0 unspecified atom stereocenters. The molecule has 1 amide bonds. The Morgan fingerprint density at radius 2 is 1.48 bits per heavy atom. The van der Waals surface area contributed by atoms with E-state index in [1.54, 1.807) is 37.0 Å². The lowest BCUT2D eigenvalue weighted by Crippen LogP contribution is -2.45. The summed E-state index contributed by atoms with van der Waals surface area (Å²) in [6.07, 6.45) is 7.93. The molecular weight excluding hydrogens is 580 g/mol. The van der Waals surface area contributed by atoms with Crippen LogP contribution in [0.4, 0.5) is 0 Å². The Kier molecular flexibility index (Phi) is 8.34. The van der Waals surface area contributed by atoms with Crippen molar-refractivity contribution in [3.05, 3.63) is 74.8 Å². The average molecular weight is 611 g/mol. The fraction of sp³-hybridized carbons (Fsp3) is 0.370. The number of likely N-dealkylation sites (tertiary alicyclic amines) is 1. The lowest BCUT2D eigenvalue weighted by atomic mass is 9.92. The van der Waals surface area contributed by atoms with Gasteiger partial charge in [0.25, 0.3) is 5.91 Å². The summed E-state index contributed by atoms with van der Waals surface area (Å²) in [5.41, 5.74) is 1.50. The lowest BCUT2D eigenvalue weighted by Gasteiger charge is -2.37. The SMILES string of the molecule is Cc1oc([C@@H]2CC[C@@H](C)N(C(=O)c3cscc3-n3nccn3)C2)nc1C(C)(C)O.O=C(O)c1cscc1-n1nccn1. The molecule has 1 aliphatic rings. The lowest BCUT2D eigenvalue weighted by molar-refractivity contribution is 0.0594. The van der Waals surface area contributed by atoms with Crippen LogP contribution in [0.25, 0.3) is 11.4 Å². The minimum atomic E-state index is -1.06. The number of nitrogens with zero attached hydrogens (tertiary/aromatic N) is 8. The van der Waals surface area contributed by atoms with E-state index in [0.717, 1.165) is 12.8 Å². The third-order valence-electron chi connectivity index (χ3n) is 6.90. The van der Waals surface area contributed by atoms with Crippen LogP contribution in [0, 0.1) is 6.92 Å². The number of aromatic nitrogens is 7. The van der Waals surface area contributed by atoms with Crippen molar-refractivity contribution in [3.63, 3.8) is 0 Å². The monoisotopic (exact) mass is 610 g/mol. The maximum Gasteiger partial charge on any atom is 0.338 e. The Bertz CT molecular complexity index is 1650. The number of carboxylic acids is 1. The molecule has 15 heteroatoms. The Balaban J connectivity index is 0.000000226. The van der Waals surface area contributed by atoms with Gasteiger partial charge in [0.2, 0.25) is 0 Å². The summed E-state index contributed by atoms with van der Waals surface area (Å²) in [5.74, 6) is 0.197. The van der Waals surface area contributed by atoms with Gasteiger partial charge >= 0.3 is 5.97 Å². The summed E-state index contributed by atoms with van der Waals surface area (Å²) >= 11 is 2.77. The van der Waals surface area contributed by atoms with Crippen LogP contribution in [0.1, 0.15) is 77.6 Å². The molecule has 1 aliphatic heterocycles. The van der Waals surface area contributed by atoms with Gasteiger partial charge in [-0.25, -0.2) is 9.78 Å². The number of aryl methyl sites for hydroxylation is 1. The second-order valence-electron chi connectivity index (χ2n) is 10.4. The Morgan fingerprint density at radius 3 is 2.00 bits per heavy atom. The maximum atomic E-state index is 13.4. The zero-order valence-corrected chi connectivity index (χ0v) is 25.0. The Morgan fingerprint density at radius 1 is 0.929 bits per heavy atom. The van der Waals surface area contributed by atoms with E-state index in [2.05, 4.69) is 32.3 Å². The van der Waals surface area contributed by atoms with E-state index in [-0.39, 0.29) is 23.4 Å². The van der Waals surface area contributed by atoms with Gasteiger partial charge < -0.3 is 19.5 Å². The molecule has 220 valence electrons. The predicted molar refractivity (Wildman–Crippen MR) is 154 cm³/mol. The van der Waals surface area contributed by atoms with E-state index >= 15 is 0 Å². The van der Waals surface area contributed by atoms with Crippen LogP contribution in [-0.2, 0) is 5.60 Å². The molecule has 6 heterocycles. The van der Waals surface area contributed by atoms with E-state index in [9.17, 15) is 14.7 Å². The van der Waals surface area contributed by atoms with Crippen molar-refractivity contribution in [1.29, 1.82) is 0 Å². The van der Waals surface area contributed by atoms with Crippen molar-refractivity contribution in [1.82, 2.24) is 39.9 Å². The van der Waals surface area contributed by atoms with E-state index in [4.69, 9.17) is 9.52 Å². The number of amides is 1. The van der Waals surface area contributed by atoms with Crippen LogP contribution in [0.2, 0.25) is 0 Å². The molecule has 5 aromatic rings. The quantitative estimate of drug-likeness (QED) is 0.283. The second kappa shape index (κ2) is 12.0. The standard InChI is InChI=1S/C20H25N5O3S.C7H5N3O2S/c1-12-5-6-14(18-23-17(13(2)28-18)20(3,4)27)9-24(12)19(26)15-10-29-11-16(15)25-21-7-8-22-25;11-7(12)5-3-13-4-6(5)10-8-1-2-9-10/h7-8,10-12,14,27H,5-6,9H2,1-4H3;1-4H,(H,11,12)/t12-,14-;/m1./s1. The third kappa shape index (κ3) is 6.03. The molecule has 0 bridgehead atoms. The van der Waals surface area contributed by atoms with Crippen LogP contribution in [0.15, 0.2) is 50.7 Å². The molecule has 6 rings (SSSR count). The number of hydrogen-bond acceptors (Lipinski definition) is 11. The van der Waals surface area contributed by atoms with Crippen molar-refractivity contribution >= 4 is 34.6 Å². The molecular formula is C27H30N8O5S2. The highest BCUT2D eigenvalue weighted by atomic mass is 32.1. The molecule has 0 aromatic carbocycles. The first kappa shape index (κ1) is 29.3. The summed E-state index contributed by atoms with van der Waals surface area (Å²) in [4.78, 5) is 33.3. The van der Waals surface area contributed by atoms with Crippen LogP contribution >= 0.6 is 22.7 Å². The fourth-order valence-corrected chi connectivity index (χ4v) is 6.35. The van der Waals surface area contributed by atoms with Crippen LogP contribution in [-0.4, -0.2) is 74.5 Å². The maximum absolute atomic E-state index is 13.4. The van der Waals surface area contributed by atoms with Gasteiger partial charge in [-0.15, -0.1) is 32.3 Å². The van der Waals surface area contributed by atoms with E-state index in [0.29, 0.717) is 40.8 Å². The number of carbonyl (C=O) groups is 2. The minimum Gasteiger partial charge on any atom is -0.478 e. The second-order valence-corrected chi connectivity index (χ2v) is 11.9. The van der Waals surface area contributed by atoms with E-state index in [1.807, 2.05) is 22.6 Å². The van der Waals surface area contributed by atoms with Crippen molar-refractivity contribution in [3.8, 4) is 11.4 Å². The van der Waals surface area contributed by atoms with Gasteiger partial charge in [-0.2, -0.15) is 20.4 Å². The number of aromatic carboxylic acids is 1. The number of carbonyl (C=O) groups excluding carboxylic acids is 1. The van der Waals surface area contributed by atoms with Gasteiger partial charge in [0.15, 0.2) is 5.89 Å². The van der Waals surface area contributed by atoms with Crippen LogP contribution < -0.4 is 0 Å². The minimum absolute atomic E-state index is 0.00476. The van der Waals surface area contributed by atoms with Gasteiger partial charge in [-0.1, -0.05) is 0 Å². The van der Waals surface area contributed by atoms with Crippen molar-refractivity contribution in [2.24, 2.45) is 0 Å². The predicted octanol–water partition coefficient (Wildman–Crippen LogP) is 4.29. The molecule has 0 aliphatic carbocycles. The van der Waals surface area contributed by atoms with E-state index in [1.165, 1.54) is 44.7 Å². The molecule has 0 spiro atoms. The number of oxazole rings is 1. The fourth-order valence-electron chi connectivity index (χ4n) is 4.80. The number of hydrogen-bond donors (Lipinski definition) is 2. The summed E-state index contributed by atoms with van der Waals surface area (Å²) in [6, 6.07) is 0.113. The topological polar surface area (TPSA) is 165 Å². The number of thiophene rings is 2. The van der Waals surface area contributed by atoms with Gasteiger partial charge in [0.05, 0.1) is 41.8 Å². The Labute approximate surface area is 249 Å². The van der Waals surface area contributed by atoms with Crippen molar-refractivity contribution in [2.45, 2.75) is 58.1 Å². The number of carboxylic acid groups (broad SMARTS) is 1. The number of piperidine rings is 1. The summed E-state index contributed by atoms with van der Waals surface area (Å²) in [7, 11) is 0. The van der Waals surface area contributed by atoms with Crippen LogP contribution in [0.3, 0.4) is 0 Å². The van der Waals surface area contributed by atoms with Crippen LogP contribution in [0.5, 0.6) is 0 Å². The molecule has 5 aromatic heterocycles. The van der Waals surface area contributed by atoms with Gasteiger partial charge in [0, 0.05) is 34.1 Å². The van der Waals surface area contributed by atoms with Crippen molar-refractivity contribution in [2.75, 3.05) is 6.54 Å². The first-order chi connectivity index (χ1) is 20.0. The first-order valence-electron chi connectivity index (χ1n) is 13.1. The molecule has 2 atom stereocenters. The molecule has 1 fully saturated rings. The summed E-state index contributed by atoms with van der Waals surface area (Å²) < 4.78 is 5.89. The number of rotatable bonds is 6.